The van der Waals surface area contributed by atoms with Gasteiger partial charge in [0, 0.05) is 27.6 Å². The Balaban J connectivity index is 0. The van der Waals surface area contributed by atoms with E-state index in [4.69, 9.17) is 0 Å². The second-order valence-corrected chi connectivity index (χ2v) is 6.45. The maximum atomic E-state index is 4.69. The van der Waals surface area contributed by atoms with Gasteiger partial charge in [0.25, 0.3) is 0 Å². The van der Waals surface area contributed by atoms with Crippen LogP contribution in [0.15, 0.2) is 58.6 Å². The molecule has 0 bridgehead atoms. The van der Waals surface area contributed by atoms with E-state index in [2.05, 4.69) is 14.9 Å². The fraction of sp³-hybridized carbons (Fsp3) is 0.0667. The fourth-order valence-corrected chi connectivity index (χ4v) is 3.56. The van der Waals surface area contributed by atoms with E-state index in [1.54, 1.807) is 22.7 Å². The molecule has 0 N–H and O–H groups in total. The van der Waals surface area contributed by atoms with Crippen LogP contribution in [0, 0.1) is 0 Å². The van der Waals surface area contributed by atoms with E-state index < -0.39 is 0 Å². The van der Waals surface area contributed by atoms with Crippen molar-refractivity contribution >= 4 is 33.5 Å². The van der Waals surface area contributed by atoms with Gasteiger partial charge >= 0.3 is 24.3 Å². The molecular weight excluding hydrogens is 522 g/mol. The van der Waals surface area contributed by atoms with Gasteiger partial charge in [-0.1, -0.05) is 35.1 Å². The van der Waals surface area contributed by atoms with Gasteiger partial charge in [0.2, 0.25) is 5.82 Å². The van der Waals surface area contributed by atoms with Crippen LogP contribution in [0.25, 0.3) is 16.2 Å². The van der Waals surface area contributed by atoms with Gasteiger partial charge in [0.05, 0.1) is 7.05 Å². The molecule has 3 aromatic heterocycles. The standard InChI is InChI=1S/C15H12N5S2.4ClH.Zn/c1-19-7-9-22-15(19)18-17-13-12(11-5-3-2-4-6-11)16-14-20(13)8-10-21-14;;;;;/h2-10H,1H3;4*1H;/q+1;;;;;+2/p-4. The first kappa shape index (κ1) is 28.5. The molecule has 3 heterocycles. The summed E-state index contributed by atoms with van der Waals surface area (Å²) in [4.78, 5) is 10.8. The first-order chi connectivity index (χ1) is 10.8. The van der Waals surface area contributed by atoms with Crippen LogP contribution in [0.4, 0.5) is 5.82 Å². The Morgan fingerprint density at radius 1 is 0.963 bits per heavy atom. The first-order valence-electron chi connectivity index (χ1n) is 6.69. The molecule has 0 saturated carbocycles. The van der Waals surface area contributed by atoms with Crippen molar-refractivity contribution in [2.75, 3.05) is 0 Å². The normalized spacial score (nSPS) is 8.78. The molecule has 4 rings (SSSR count). The van der Waals surface area contributed by atoms with Gasteiger partial charge in [0.1, 0.15) is 11.9 Å². The predicted octanol–water partition coefficient (Wildman–Crippen LogP) is -8.63. The zero-order valence-electron chi connectivity index (χ0n) is 14.0. The third-order valence-corrected chi connectivity index (χ3v) is 4.87. The summed E-state index contributed by atoms with van der Waals surface area (Å²) in [5, 5.41) is 8.46. The molecule has 0 unspecified atom stereocenters. The Kier molecular flexibility index (Phi) is 13.4. The SMILES string of the molecule is Cn1ccsc1=[N+]=Nc1c(-c2ccccc2)nc2sccn12.[Cl-].[Cl-].[Cl-].[Cl-].[Zn+2]. The maximum absolute atomic E-state index is 4.69. The second kappa shape index (κ2) is 12.7. The third kappa shape index (κ3) is 5.89. The van der Waals surface area contributed by atoms with Crippen LogP contribution in [-0.4, -0.2) is 18.7 Å². The van der Waals surface area contributed by atoms with Gasteiger partial charge in [-0.15, -0.1) is 11.3 Å². The Labute approximate surface area is 201 Å². The number of aryl methyl sites for hydroxylation is 1. The zero-order chi connectivity index (χ0) is 14.9. The third-order valence-electron chi connectivity index (χ3n) is 3.27. The van der Waals surface area contributed by atoms with Crippen molar-refractivity contribution in [1.82, 2.24) is 14.0 Å². The molecule has 0 aliphatic rings. The van der Waals surface area contributed by atoms with Crippen LogP contribution in [0.1, 0.15) is 0 Å². The summed E-state index contributed by atoms with van der Waals surface area (Å²) < 4.78 is 3.92. The number of nitrogens with zero attached hydrogens (tertiary/aromatic N) is 5. The van der Waals surface area contributed by atoms with Crippen LogP contribution in [0.5, 0.6) is 0 Å². The minimum atomic E-state index is 0. The molecule has 0 saturated heterocycles. The van der Waals surface area contributed by atoms with E-state index >= 15 is 0 Å². The summed E-state index contributed by atoms with van der Waals surface area (Å²) in [7, 11) is 1.96. The van der Waals surface area contributed by atoms with Crippen LogP contribution in [0.3, 0.4) is 0 Å². The molecule has 0 fully saturated rings. The topological polar surface area (TPSA) is 48.7 Å². The Bertz CT molecular complexity index is 1050. The molecule has 140 valence electrons. The Morgan fingerprint density at radius 3 is 2.26 bits per heavy atom. The minimum Gasteiger partial charge on any atom is -1.00 e. The predicted molar refractivity (Wildman–Crippen MR) is 87.3 cm³/mol. The number of hydrogen-bond acceptors (Lipinski definition) is 4. The smallest absolute Gasteiger partial charge is 1.00 e. The monoisotopic (exact) mass is 530 g/mol. The van der Waals surface area contributed by atoms with Crippen LogP contribution < -0.4 is 54.4 Å². The van der Waals surface area contributed by atoms with E-state index in [9.17, 15) is 0 Å². The number of rotatable bonds is 2. The molecular formula is C15H12Cl4N5S2Zn-. The summed E-state index contributed by atoms with van der Waals surface area (Å²) in [6, 6.07) is 10.1. The summed E-state index contributed by atoms with van der Waals surface area (Å²) in [5.74, 6) is 0.760. The summed E-state index contributed by atoms with van der Waals surface area (Å²) >= 11 is 3.15. The van der Waals surface area contributed by atoms with Crippen molar-refractivity contribution in [3.8, 4) is 11.3 Å². The van der Waals surface area contributed by atoms with Crippen molar-refractivity contribution < 1.29 is 73.9 Å². The second-order valence-electron chi connectivity index (χ2n) is 4.70. The Morgan fingerprint density at radius 2 is 1.63 bits per heavy atom. The van der Waals surface area contributed by atoms with E-state index in [0.29, 0.717) is 0 Å². The molecule has 1 aromatic carbocycles. The number of hydrogen-bond donors (Lipinski definition) is 0. The van der Waals surface area contributed by atoms with Gasteiger partial charge in [-0.05, 0) is 11.3 Å². The molecule has 4 aromatic rings. The number of aromatic nitrogens is 3. The van der Waals surface area contributed by atoms with Crippen molar-refractivity contribution in [3.63, 3.8) is 0 Å². The van der Waals surface area contributed by atoms with Crippen LogP contribution >= 0.6 is 22.7 Å². The molecule has 27 heavy (non-hydrogen) atoms. The number of imidazole rings is 1. The van der Waals surface area contributed by atoms with E-state index in [1.807, 2.05) is 69.5 Å². The molecule has 0 atom stereocenters. The molecule has 0 aliphatic carbocycles. The van der Waals surface area contributed by atoms with Gasteiger partial charge in [0.15, 0.2) is 4.96 Å². The van der Waals surface area contributed by atoms with Gasteiger partial charge in [-0.25, -0.2) is 9.55 Å². The summed E-state index contributed by atoms with van der Waals surface area (Å²) in [6.45, 7) is 0. The molecule has 0 radical (unpaired) electrons. The molecule has 5 nitrogen and oxygen atoms in total. The number of fused-ring (bicyclic) bond motifs is 1. The van der Waals surface area contributed by atoms with Crippen molar-refractivity contribution in [1.29, 1.82) is 0 Å². The average molecular weight is 534 g/mol. The summed E-state index contributed by atoms with van der Waals surface area (Å²) in [5.41, 5.74) is 1.90. The fourth-order valence-electron chi connectivity index (χ4n) is 2.17. The van der Waals surface area contributed by atoms with Crippen molar-refractivity contribution in [2.45, 2.75) is 0 Å². The number of halogens is 4. The van der Waals surface area contributed by atoms with Gasteiger partial charge in [-0.2, -0.15) is 0 Å². The van der Waals surface area contributed by atoms with Crippen molar-refractivity contribution in [3.05, 3.63) is 58.3 Å². The summed E-state index contributed by atoms with van der Waals surface area (Å²) in [6.07, 6.45) is 3.94. The van der Waals surface area contributed by atoms with Crippen molar-refractivity contribution in [2.24, 2.45) is 12.2 Å². The average Bonchev–Trinajstić information content (AvgIpc) is 3.22. The zero-order valence-corrected chi connectivity index (χ0v) is 21.6. The molecule has 0 aliphatic heterocycles. The van der Waals surface area contributed by atoms with Gasteiger partial charge in [-0.3, -0.25) is 4.40 Å². The molecule has 0 amide bonds. The largest absolute Gasteiger partial charge is 2.00 e. The van der Waals surface area contributed by atoms with Gasteiger partial charge < -0.3 is 49.6 Å². The van der Waals surface area contributed by atoms with E-state index in [-0.39, 0.29) is 69.1 Å². The Hall–Kier alpha value is -0.687. The maximum Gasteiger partial charge on any atom is 2.00 e. The van der Waals surface area contributed by atoms with E-state index in [1.165, 1.54) is 0 Å². The quantitative estimate of drug-likeness (QED) is 0.144. The molecule has 12 heteroatoms. The minimum absolute atomic E-state index is 0. The van der Waals surface area contributed by atoms with Crippen LogP contribution in [0.2, 0.25) is 0 Å². The van der Waals surface area contributed by atoms with E-state index in [0.717, 1.165) is 26.8 Å². The van der Waals surface area contributed by atoms with Crippen LogP contribution in [-0.2, 0) is 26.5 Å². The number of benzene rings is 1. The molecule has 0 spiro atoms. The number of thiazole rings is 2. The first-order valence-corrected chi connectivity index (χ1v) is 8.45.